The fourth-order valence-corrected chi connectivity index (χ4v) is 3.92. The molecule has 1 amide bonds. The minimum Gasteiger partial charge on any atom is -0.338 e. The van der Waals surface area contributed by atoms with Gasteiger partial charge in [-0.05, 0) is 50.1 Å². The predicted molar refractivity (Wildman–Crippen MR) is 72.3 cm³/mol. The van der Waals surface area contributed by atoms with E-state index >= 15 is 0 Å². The van der Waals surface area contributed by atoms with Gasteiger partial charge < -0.3 is 10.6 Å². The maximum absolute atomic E-state index is 12.6. The third-order valence-electron chi connectivity index (χ3n) is 4.80. The molecular formula is C15H22N2O2. The number of hydrogen-bond donors (Lipinski definition) is 1. The molecule has 3 atom stereocenters. The molecule has 0 aromatic heterocycles. The van der Waals surface area contributed by atoms with Crippen molar-refractivity contribution < 1.29 is 9.59 Å². The molecule has 0 saturated carbocycles. The first kappa shape index (κ1) is 12.9. The third-order valence-corrected chi connectivity index (χ3v) is 4.80. The van der Waals surface area contributed by atoms with E-state index in [0.29, 0.717) is 18.9 Å². The van der Waals surface area contributed by atoms with Gasteiger partial charge in [0.1, 0.15) is 0 Å². The number of rotatable bonds is 3. The van der Waals surface area contributed by atoms with Crippen molar-refractivity contribution in [2.24, 2.45) is 17.6 Å². The Morgan fingerprint density at radius 3 is 3.00 bits per heavy atom. The first-order chi connectivity index (χ1) is 9.20. The quantitative estimate of drug-likeness (QED) is 0.832. The predicted octanol–water partition coefficient (Wildman–Crippen LogP) is 1.25. The number of nitrogens with two attached hydrogens (primary N) is 1. The fraction of sp³-hybridized carbons (Fsp3) is 0.733. The van der Waals surface area contributed by atoms with Crippen molar-refractivity contribution in [1.82, 2.24) is 4.90 Å². The molecule has 3 aliphatic rings. The smallest absolute Gasteiger partial charge is 0.222 e. The van der Waals surface area contributed by atoms with Gasteiger partial charge in [0.05, 0.1) is 0 Å². The normalized spacial score (nSPS) is 34.1. The van der Waals surface area contributed by atoms with Gasteiger partial charge in [-0.1, -0.05) is 6.08 Å². The zero-order valence-electron chi connectivity index (χ0n) is 11.3. The van der Waals surface area contributed by atoms with Gasteiger partial charge in [-0.15, -0.1) is 0 Å². The van der Waals surface area contributed by atoms with E-state index in [1.807, 2.05) is 4.90 Å². The number of ketones is 1. The molecule has 2 N–H and O–H groups in total. The molecule has 2 aliphatic heterocycles. The third kappa shape index (κ3) is 2.22. The van der Waals surface area contributed by atoms with Crippen LogP contribution in [-0.4, -0.2) is 35.7 Å². The van der Waals surface area contributed by atoms with Crippen LogP contribution >= 0.6 is 0 Å². The van der Waals surface area contributed by atoms with Crippen LogP contribution in [0.1, 0.15) is 38.5 Å². The van der Waals surface area contributed by atoms with E-state index in [9.17, 15) is 9.59 Å². The molecule has 2 saturated heterocycles. The summed E-state index contributed by atoms with van der Waals surface area (Å²) in [5.41, 5.74) is 6.52. The molecule has 1 aliphatic carbocycles. The van der Waals surface area contributed by atoms with Gasteiger partial charge in [0.15, 0.2) is 5.78 Å². The zero-order chi connectivity index (χ0) is 13.4. The first-order valence-corrected chi connectivity index (χ1v) is 7.45. The lowest BCUT2D eigenvalue weighted by Crippen LogP contribution is -2.56. The Balaban J connectivity index is 1.83. The molecular weight excluding hydrogens is 240 g/mol. The molecule has 0 aromatic rings. The highest BCUT2D eigenvalue weighted by Crippen LogP contribution is 2.40. The van der Waals surface area contributed by atoms with Crippen LogP contribution in [0.4, 0.5) is 0 Å². The van der Waals surface area contributed by atoms with Gasteiger partial charge in [-0.2, -0.15) is 0 Å². The van der Waals surface area contributed by atoms with Crippen molar-refractivity contribution in [2.75, 3.05) is 13.1 Å². The molecule has 19 heavy (non-hydrogen) atoms. The average Bonchev–Trinajstić information content (AvgIpc) is 2.42. The van der Waals surface area contributed by atoms with Crippen LogP contribution in [0.5, 0.6) is 0 Å². The Bertz CT molecular complexity index is 430. The summed E-state index contributed by atoms with van der Waals surface area (Å²) < 4.78 is 0. The van der Waals surface area contributed by atoms with Gasteiger partial charge in [0.25, 0.3) is 0 Å². The molecule has 104 valence electrons. The minimum absolute atomic E-state index is 0.0563. The van der Waals surface area contributed by atoms with Crippen molar-refractivity contribution in [2.45, 2.75) is 44.6 Å². The van der Waals surface area contributed by atoms with E-state index in [1.54, 1.807) is 0 Å². The van der Waals surface area contributed by atoms with Crippen molar-refractivity contribution in [1.29, 1.82) is 0 Å². The molecule has 4 nitrogen and oxygen atoms in total. The first-order valence-electron chi connectivity index (χ1n) is 7.45. The number of piperidine rings is 2. The largest absolute Gasteiger partial charge is 0.338 e. The second-order valence-corrected chi connectivity index (χ2v) is 6.06. The Labute approximate surface area is 114 Å². The van der Waals surface area contributed by atoms with Gasteiger partial charge >= 0.3 is 0 Å². The summed E-state index contributed by atoms with van der Waals surface area (Å²) in [7, 11) is 0. The maximum atomic E-state index is 12.6. The van der Waals surface area contributed by atoms with Crippen LogP contribution < -0.4 is 5.73 Å². The van der Waals surface area contributed by atoms with Gasteiger partial charge in [0.2, 0.25) is 5.91 Å². The monoisotopic (exact) mass is 262 g/mol. The Hall–Kier alpha value is -1.16. The average molecular weight is 262 g/mol. The number of allylic oxidation sites excluding steroid dienone is 1. The van der Waals surface area contributed by atoms with E-state index in [2.05, 4.69) is 6.08 Å². The number of fused-ring (bicyclic) bond motifs is 4. The number of carbonyl (C=O) groups is 2. The highest BCUT2D eigenvalue weighted by atomic mass is 16.2. The van der Waals surface area contributed by atoms with Crippen LogP contribution in [0.2, 0.25) is 0 Å². The molecule has 0 radical (unpaired) electrons. The van der Waals surface area contributed by atoms with Gasteiger partial charge in [-0.3, -0.25) is 9.59 Å². The van der Waals surface area contributed by atoms with Crippen molar-refractivity contribution >= 4 is 11.7 Å². The molecule has 0 spiro atoms. The molecule has 2 heterocycles. The van der Waals surface area contributed by atoms with Gasteiger partial charge in [-0.25, -0.2) is 0 Å². The molecule has 3 rings (SSSR count). The lowest BCUT2D eigenvalue weighted by atomic mass is 9.70. The Morgan fingerprint density at radius 2 is 2.21 bits per heavy atom. The molecule has 2 fully saturated rings. The summed E-state index contributed by atoms with van der Waals surface area (Å²) in [5.74, 6) is 0.973. The lowest BCUT2D eigenvalue weighted by Gasteiger charge is -2.48. The summed E-state index contributed by atoms with van der Waals surface area (Å²) in [5, 5.41) is 0. The highest BCUT2D eigenvalue weighted by molar-refractivity contribution is 5.99. The molecule has 4 heteroatoms. The lowest BCUT2D eigenvalue weighted by molar-refractivity contribution is -0.144. The summed E-state index contributed by atoms with van der Waals surface area (Å²) >= 11 is 0. The van der Waals surface area contributed by atoms with Crippen LogP contribution in [-0.2, 0) is 9.59 Å². The van der Waals surface area contributed by atoms with E-state index in [1.165, 1.54) is 0 Å². The maximum Gasteiger partial charge on any atom is 0.222 e. The SMILES string of the molecule is NCCCC1=C[C@H]2C[C@@H](C1=O)[C@H]1CCCC(=O)N1C2. The number of hydrogen-bond acceptors (Lipinski definition) is 3. The minimum atomic E-state index is 0.0563. The van der Waals surface area contributed by atoms with Crippen molar-refractivity contribution in [3.8, 4) is 0 Å². The Morgan fingerprint density at radius 1 is 1.37 bits per heavy atom. The molecule has 2 bridgehead atoms. The van der Waals surface area contributed by atoms with Crippen LogP contribution in [0.15, 0.2) is 11.6 Å². The fourth-order valence-electron chi connectivity index (χ4n) is 3.92. The zero-order valence-corrected chi connectivity index (χ0v) is 11.3. The van der Waals surface area contributed by atoms with Crippen LogP contribution in [0.25, 0.3) is 0 Å². The Kier molecular flexibility index (Phi) is 3.44. The van der Waals surface area contributed by atoms with E-state index in [4.69, 9.17) is 5.73 Å². The van der Waals surface area contributed by atoms with Crippen LogP contribution in [0.3, 0.4) is 0 Å². The second-order valence-electron chi connectivity index (χ2n) is 6.06. The standard InChI is InChI=1S/C15H22N2O2/c16-6-2-3-11-7-10-8-12(15(11)19)13-4-1-5-14(18)17(13)9-10/h7,10,12-13H,1-6,8-9,16H2/t10-,12+,13+/m0/s1. The summed E-state index contributed by atoms with van der Waals surface area (Å²) in [6, 6.07) is 0.173. The van der Waals surface area contributed by atoms with Gasteiger partial charge in [0, 0.05) is 24.9 Å². The number of carbonyl (C=O) groups excluding carboxylic acids is 2. The summed E-state index contributed by atoms with van der Waals surface area (Å²) in [6.07, 6.45) is 7.35. The van der Waals surface area contributed by atoms with E-state index in [-0.39, 0.29) is 23.7 Å². The van der Waals surface area contributed by atoms with Crippen LogP contribution in [0, 0.1) is 11.8 Å². The van der Waals surface area contributed by atoms with Crippen molar-refractivity contribution in [3.63, 3.8) is 0 Å². The summed E-state index contributed by atoms with van der Waals surface area (Å²) in [4.78, 5) is 26.5. The van der Waals surface area contributed by atoms with Crippen molar-refractivity contribution in [3.05, 3.63) is 11.6 Å². The number of amides is 1. The molecule has 0 aromatic carbocycles. The molecule has 0 unspecified atom stereocenters. The van der Waals surface area contributed by atoms with E-state index in [0.717, 1.165) is 44.2 Å². The number of Topliss-reactive ketones (excluding diaryl/α,β-unsaturated/α-hetero) is 1. The van der Waals surface area contributed by atoms with E-state index < -0.39 is 0 Å². The summed E-state index contributed by atoms with van der Waals surface area (Å²) in [6.45, 7) is 1.45. The second kappa shape index (κ2) is 5.08. The topological polar surface area (TPSA) is 63.4 Å². The highest BCUT2D eigenvalue weighted by Gasteiger charge is 2.45. The number of nitrogens with zero attached hydrogens (tertiary/aromatic N) is 1.